The molecule has 224 valence electrons. The van der Waals surface area contributed by atoms with E-state index < -0.39 is 53.8 Å². The van der Waals surface area contributed by atoms with Crippen LogP contribution in [0.25, 0.3) is 10.9 Å². The Morgan fingerprint density at radius 1 is 0.857 bits per heavy atom. The first-order chi connectivity index (χ1) is 20.0. The highest BCUT2D eigenvalue weighted by Gasteiger charge is 2.31. The highest BCUT2D eigenvalue weighted by atomic mass is 32.1. The quantitative estimate of drug-likeness (QED) is 0.105. The summed E-state index contributed by atoms with van der Waals surface area (Å²) >= 11 is 4.05. The number of aromatic amines is 1. The number of carboxylic acid groups (broad SMARTS) is 1. The third kappa shape index (κ3) is 8.97. The van der Waals surface area contributed by atoms with Crippen molar-refractivity contribution in [2.45, 2.75) is 49.9 Å². The molecular formula is C28H34N6O7S. The van der Waals surface area contributed by atoms with Crippen LogP contribution in [0.15, 0.2) is 54.7 Å². The van der Waals surface area contributed by atoms with Gasteiger partial charge >= 0.3 is 5.97 Å². The molecule has 4 unspecified atom stereocenters. The number of carboxylic acids is 1. The SMILES string of the molecule is NC(=O)CCC(NC(=O)C(Cc1ccc(O)cc1)NC(=O)C(Cc1c[nH]c2ccccc12)NC(=O)C(N)CS)C(=O)O. The Labute approximate surface area is 246 Å². The average molecular weight is 599 g/mol. The number of thiol groups is 1. The van der Waals surface area contributed by atoms with Gasteiger partial charge in [-0.2, -0.15) is 12.6 Å². The van der Waals surface area contributed by atoms with Gasteiger partial charge in [-0.1, -0.05) is 30.3 Å². The molecule has 14 heteroatoms. The standard InChI is InChI=1S/C28H34N6O7S/c29-19(14-42)25(37)33-23(12-16-13-31-20-4-2-1-3-18(16)20)27(39)34-22(11-15-5-7-17(35)8-6-15)26(38)32-21(28(40)41)9-10-24(30)36/h1-8,13,19,21-23,31,35,42H,9-12,14,29H2,(H2,30,36)(H,32,38)(H,33,37)(H,34,39)(H,40,41). The van der Waals surface area contributed by atoms with Gasteiger partial charge in [0.1, 0.15) is 23.9 Å². The first-order valence-corrected chi connectivity index (χ1v) is 13.7. The summed E-state index contributed by atoms with van der Waals surface area (Å²) in [6.07, 6.45) is 1.15. The van der Waals surface area contributed by atoms with E-state index in [0.717, 1.165) is 16.5 Å². The van der Waals surface area contributed by atoms with Crippen LogP contribution in [0.2, 0.25) is 0 Å². The average Bonchev–Trinajstić information content (AvgIpc) is 3.37. The fourth-order valence-corrected chi connectivity index (χ4v) is 4.42. The Morgan fingerprint density at radius 2 is 1.45 bits per heavy atom. The lowest BCUT2D eigenvalue weighted by Crippen LogP contribution is -2.58. The Morgan fingerprint density at radius 3 is 2.07 bits per heavy atom. The van der Waals surface area contributed by atoms with Crippen LogP contribution in [-0.2, 0) is 36.8 Å². The monoisotopic (exact) mass is 598 g/mol. The van der Waals surface area contributed by atoms with Crippen LogP contribution in [0.1, 0.15) is 24.0 Å². The van der Waals surface area contributed by atoms with Crippen molar-refractivity contribution in [3.63, 3.8) is 0 Å². The molecule has 3 aromatic rings. The van der Waals surface area contributed by atoms with E-state index in [2.05, 4.69) is 33.6 Å². The lowest BCUT2D eigenvalue weighted by molar-refractivity contribution is -0.142. The number of primary amides is 1. The van der Waals surface area contributed by atoms with E-state index in [0.29, 0.717) is 5.56 Å². The molecule has 1 heterocycles. The molecule has 2 aromatic carbocycles. The molecule has 10 N–H and O–H groups in total. The molecule has 3 rings (SSSR count). The molecule has 13 nitrogen and oxygen atoms in total. The van der Waals surface area contributed by atoms with Gasteiger partial charge < -0.3 is 42.6 Å². The zero-order chi connectivity index (χ0) is 30.8. The van der Waals surface area contributed by atoms with Crippen LogP contribution in [0, 0.1) is 0 Å². The number of aliphatic carboxylic acids is 1. The Hall–Kier alpha value is -4.56. The molecule has 42 heavy (non-hydrogen) atoms. The van der Waals surface area contributed by atoms with Gasteiger partial charge in [-0.15, -0.1) is 0 Å². The number of carbonyl (C=O) groups excluding carboxylic acids is 4. The molecule has 0 spiro atoms. The normalized spacial score (nSPS) is 13.9. The minimum atomic E-state index is -1.45. The van der Waals surface area contributed by atoms with Gasteiger partial charge in [0.25, 0.3) is 0 Å². The number of fused-ring (bicyclic) bond motifs is 1. The summed E-state index contributed by atoms with van der Waals surface area (Å²) in [5.41, 5.74) is 13.1. The highest BCUT2D eigenvalue weighted by Crippen LogP contribution is 2.19. The van der Waals surface area contributed by atoms with Gasteiger partial charge in [-0.25, -0.2) is 4.79 Å². The summed E-state index contributed by atoms with van der Waals surface area (Å²) in [6, 6.07) is 8.39. The Bertz CT molecular complexity index is 1430. The Balaban J connectivity index is 1.89. The molecule has 0 aliphatic carbocycles. The number of benzene rings is 2. The van der Waals surface area contributed by atoms with E-state index in [1.54, 1.807) is 18.3 Å². The molecule has 0 aliphatic rings. The topological polar surface area (TPSA) is 230 Å². The summed E-state index contributed by atoms with van der Waals surface area (Å²) in [5.74, 6) is -4.28. The minimum Gasteiger partial charge on any atom is -0.508 e. The number of nitrogens with one attached hydrogen (secondary N) is 4. The number of hydrogen-bond donors (Lipinski definition) is 9. The van der Waals surface area contributed by atoms with E-state index in [4.69, 9.17) is 11.5 Å². The fourth-order valence-electron chi connectivity index (χ4n) is 4.26. The second-order valence-electron chi connectivity index (χ2n) is 9.75. The maximum Gasteiger partial charge on any atom is 0.326 e. The van der Waals surface area contributed by atoms with Crippen molar-refractivity contribution < 1.29 is 34.2 Å². The largest absolute Gasteiger partial charge is 0.508 e. The van der Waals surface area contributed by atoms with Crippen molar-refractivity contribution in [1.29, 1.82) is 0 Å². The van der Waals surface area contributed by atoms with Gasteiger partial charge in [-0.05, 0) is 35.7 Å². The first kappa shape index (κ1) is 32.0. The third-order valence-electron chi connectivity index (χ3n) is 6.57. The van der Waals surface area contributed by atoms with Crippen LogP contribution < -0.4 is 27.4 Å². The van der Waals surface area contributed by atoms with Crippen molar-refractivity contribution in [1.82, 2.24) is 20.9 Å². The molecule has 1 aromatic heterocycles. The molecule has 0 saturated carbocycles. The molecule has 0 saturated heterocycles. The molecule has 0 fully saturated rings. The van der Waals surface area contributed by atoms with Crippen LogP contribution in [0.4, 0.5) is 0 Å². The number of nitrogens with two attached hydrogens (primary N) is 2. The molecule has 0 bridgehead atoms. The van der Waals surface area contributed by atoms with Gasteiger partial charge in [-0.3, -0.25) is 19.2 Å². The maximum atomic E-state index is 13.7. The van der Waals surface area contributed by atoms with E-state index in [-0.39, 0.29) is 37.2 Å². The van der Waals surface area contributed by atoms with Gasteiger partial charge in [0.05, 0.1) is 6.04 Å². The molecular weight excluding hydrogens is 564 g/mol. The van der Waals surface area contributed by atoms with E-state index >= 15 is 0 Å². The molecule has 0 aliphatic heterocycles. The number of para-hydroxylation sites is 1. The van der Waals surface area contributed by atoms with E-state index in [9.17, 15) is 34.2 Å². The summed E-state index contributed by atoms with van der Waals surface area (Å²) in [5, 5.41) is 27.6. The number of rotatable bonds is 15. The zero-order valence-corrected chi connectivity index (χ0v) is 23.5. The van der Waals surface area contributed by atoms with Crippen LogP contribution >= 0.6 is 12.6 Å². The summed E-state index contributed by atoms with van der Waals surface area (Å²) in [6.45, 7) is 0. The summed E-state index contributed by atoms with van der Waals surface area (Å²) in [7, 11) is 0. The van der Waals surface area contributed by atoms with Gasteiger partial charge in [0.2, 0.25) is 23.6 Å². The number of aromatic hydroxyl groups is 1. The number of phenolic OH excluding ortho intramolecular Hbond substituents is 1. The lowest BCUT2D eigenvalue weighted by Gasteiger charge is -2.25. The lowest BCUT2D eigenvalue weighted by atomic mass is 10.0. The maximum absolute atomic E-state index is 13.7. The van der Waals surface area contributed by atoms with Crippen LogP contribution in [0.3, 0.4) is 0 Å². The second-order valence-corrected chi connectivity index (χ2v) is 10.1. The predicted octanol–water partition coefficient (Wildman–Crippen LogP) is -0.280. The number of H-pyrrole nitrogens is 1. The van der Waals surface area contributed by atoms with Gasteiger partial charge in [0.15, 0.2) is 0 Å². The van der Waals surface area contributed by atoms with Crippen molar-refractivity contribution >= 4 is 53.1 Å². The number of aromatic nitrogens is 1. The van der Waals surface area contributed by atoms with Crippen LogP contribution in [-0.4, -0.2) is 74.7 Å². The van der Waals surface area contributed by atoms with E-state index in [1.807, 2.05) is 24.3 Å². The van der Waals surface area contributed by atoms with Crippen LogP contribution in [0.5, 0.6) is 5.75 Å². The van der Waals surface area contributed by atoms with Crippen molar-refractivity contribution in [3.8, 4) is 5.75 Å². The van der Waals surface area contributed by atoms with Crippen molar-refractivity contribution in [2.24, 2.45) is 11.5 Å². The minimum absolute atomic E-state index is 0.0109. The number of hydrogen-bond acceptors (Lipinski definition) is 8. The Kier molecular flexibility index (Phi) is 11.3. The fraction of sp³-hybridized carbons (Fsp3) is 0.321. The smallest absolute Gasteiger partial charge is 0.326 e. The summed E-state index contributed by atoms with van der Waals surface area (Å²) < 4.78 is 0. The molecule has 4 amide bonds. The predicted molar refractivity (Wildman–Crippen MR) is 157 cm³/mol. The number of amides is 4. The van der Waals surface area contributed by atoms with Crippen molar-refractivity contribution in [3.05, 3.63) is 65.9 Å². The molecule has 4 atom stereocenters. The number of carbonyl (C=O) groups is 5. The number of phenols is 1. The molecule has 0 radical (unpaired) electrons. The van der Waals surface area contributed by atoms with E-state index in [1.165, 1.54) is 12.1 Å². The van der Waals surface area contributed by atoms with Gasteiger partial charge in [0, 0.05) is 42.1 Å². The third-order valence-corrected chi connectivity index (χ3v) is 6.96. The first-order valence-electron chi connectivity index (χ1n) is 13.1. The zero-order valence-electron chi connectivity index (χ0n) is 22.6. The summed E-state index contributed by atoms with van der Waals surface area (Å²) in [4.78, 5) is 65.7. The second kappa shape index (κ2) is 14.9. The van der Waals surface area contributed by atoms with Crippen molar-refractivity contribution in [2.75, 3.05) is 5.75 Å². The highest BCUT2D eigenvalue weighted by molar-refractivity contribution is 7.80.